The summed E-state index contributed by atoms with van der Waals surface area (Å²) in [7, 11) is 0. The van der Waals surface area contributed by atoms with Crippen LogP contribution in [0, 0.1) is 0 Å². The van der Waals surface area contributed by atoms with E-state index in [0.717, 1.165) is 23.6 Å². The van der Waals surface area contributed by atoms with Gasteiger partial charge in [-0.1, -0.05) is 18.2 Å². The third-order valence-electron chi connectivity index (χ3n) is 2.85. The molecule has 0 spiro atoms. The second kappa shape index (κ2) is 5.45. The van der Waals surface area contributed by atoms with Crippen molar-refractivity contribution in [1.29, 1.82) is 0 Å². The Morgan fingerprint density at radius 2 is 2.24 bits per heavy atom. The van der Waals surface area contributed by atoms with E-state index in [-0.39, 0.29) is 5.97 Å². The number of rotatable bonds is 4. The molecule has 1 aromatic rings. The van der Waals surface area contributed by atoms with Gasteiger partial charge in [0.05, 0.1) is 6.61 Å². The van der Waals surface area contributed by atoms with E-state index in [4.69, 9.17) is 4.74 Å². The molecule has 2 rings (SSSR count). The Labute approximate surface area is 106 Å². The van der Waals surface area contributed by atoms with Crippen LogP contribution in [0.2, 0.25) is 0 Å². The van der Waals surface area contributed by atoms with Crippen LogP contribution in [0.25, 0.3) is 0 Å². The van der Waals surface area contributed by atoms with Gasteiger partial charge in [-0.05, 0) is 31.2 Å². The minimum atomic E-state index is -0.540. The predicted molar refractivity (Wildman–Crippen MR) is 71.4 cm³/mol. The molecule has 1 fully saturated rings. The number of anilines is 1. The van der Waals surface area contributed by atoms with Gasteiger partial charge in [0.25, 0.3) is 0 Å². The number of esters is 1. The Kier molecular flexibility index (Phi) is 3.94. The Balaban J connectivity index is 2.15. The normalized spacial score (nSPS) is 23.4. The summed E-state index contributed by atoms with van der Waals surface area (Å²) in [5.74, 6) is 1.65. The molecule has 4 heteroatoms. The van der Waals surface area contributed by atoms with Crippen LogP contribution in [0.3, 0.4) is 0 Å². The van der Waals surface area contributed by atoms with E-state index in [9.17, 15) is 4.79 Å². The third kappa shape index (κ3) is 2.75. The van der Waals surface area contributed by atoms with Crippen LogP contribution in [0.1, 0.15) is 13.3 Å². The highest BCUT2D eigenvalue weighted by Gasteiger charge is 2.43. The summed E-state index contributed by atoms with van der Waals surface area (Å²) in [6.45, 7) is 2.28. The first-order valence-electron chi connectivity index (χ1n) is 5.85. The molecule has 1 heterocycles. The van der Waals surface area contributed by atoms with Gasteiger partial charge in [0, 0.05) is 11.4 Å². The minimum absolute atomic E-state index is 0.131. The summed E-state index contributed by atoms with van der Waals surface area (Å²) >= 11 is 1.79. The monoisotopic (exact) mass is 251 g/mol. The van der Waals surface area contributed by atoms with Gasteiger partial charge in [-0.15, -0.1) is 0 Å². The predicted octanol–water partition coefficient (Wildman–Crippen LogP) is 2.54. The van der Waals surface area contributed by atoms with Crippen molar-refractivity contribution in [3.05, 3.63) is 30.3 Å². The molecular formula is C13H17NO2S. The van der Waals surface area contributed by atoms with E-state index in [0.29, 0.717) is 6.61 Å². The number of nitrogens with one attached hydrogen (secondary N) is 1. The molecule has 0 amide bonds. The largest absolute Gasteiger partial charge is 0.464 e. The lowest BCUT2D eigenvalue weighted by molar-refractivity contribution is -0.147. The molecule has 3 nitrogen and oxygen atoms in total. The van der Waals surface area contributed by atoms with Crippen LogP contribution in [0.4, 0.5) is 5.69 Å². The van der Waals surface area contributed by atoms with Crippen LogP contribution < -0.4 is 5.32 Å². The van der Waals surface area contributed by atoms with Gasteiger partial charge in [0.2, 0.25) is 0 Å². The van der Waals surface area contributed by atoms with Gasteiger partial charge in [-0.2, -0.15) is 11.8 Å². The highest BCUT2D eigenvalue weighted by Crippen LogP contribution is 2.32. The van der Waals surface area contributed by atoms with Gasteiger partial charge in [-0.3, -0.25) is 0 Å². The molecule has 0 aliphatic carbocycles. The summed E-state index contributed by atoms with van der Waals surface area (Å²) < 4.78 is 5.19. The maximum atomic E-state index is 12.1. The lowest BCUT2D eigenvalue weighted by Crippen LogP contribution is -2.47. The quantitative estimate of drug-likeness (QED) is 0.835. The van der Waals surface area contributed by atoms with Crippen molar-refractivity contribution in [3.8, 4) is 0 Å². The number of para-hydroxylation sites is 1. The summed E-state index contributed by atoms with van der Waals surface area (Å²) in [4.78, 5) is 12.1. The zero-order valence-electron chi connectivity index (χ0n) is 9.94. The van der Waals surface area contributed by atoms with E-state index < -0.39 is 5.54 Å². The highest BCUT2D eigenvalue weighted by atomic mass is 32.2. The van der Waals surface area contributed by atoms with Crippen molar-refractivity contribution in [1.82, 2.24) is 0 Å². The molecule has 1 unspecified atom stereocenters. The summed E-state index contributed by atoms with van der Waals surface area (Å²) in [6, 6.07) is 9.84. The van der Waals surface area contributed by atoms with Crippen molar-refractivity contribution >= 4 is 23.4 Å². The molecule has 0 saturated carbocycles. The van der Waals surface area contributed by atoms with Crippen LogP contribution in [-0.4, -0.2) is 29.6 Å². The smallest absolute Gasteiger partial charge is 0.332 e. The number of carbonyl (C=O) groups is 1. The van der Waals surface area contributed by atoms with Crippen LogP contribution in [-0.2, 0) is 9.53 Å². The maximum absolute atomic E-state index is 12.1. The van der Waals surface area contributed by atoms with Crippen LogP contribution in [0.15, 0.2) is 30.3 Å². The lowest BCUT2D eigenvalue weighted by atomic mass is 9.98. The first-order valence-corrected chi connectivity index (χ1v) is 7.00. The number of thioether (sulfide) groups is 1. The summed E-state index contributed by atoms with van der Waals surface area (Å²) in [5, 5.41) is 3.34. The average Bonchev–Trinajstić information content (AvgIpc) is 2.80. The van der Waals surface area contributed by atoms with E-state index in [1.807, 2.05) is 37.3 Å². The fourth-order valence-electron chi connectivity index (χ4n) is 1.94. The minimum Gasteiger partial charge on any atom is -0.464 e. The van der Waals surface area contributed by atoms with Gasteiger partial charge in [0.1, 0.15) is 5.54 Å². The van der Waals surface area contributed by atoms with E-state index in [1.54, 1.807) is 11.8 Å². The number of ether oxygens (including phenoxy) is 1. The van der Waals surface area contributed by atoms with Gasteiger partial charge >= 0.3 is 5.97 Å². The van der Waals surface area contributed by atoms with Crippen molar-refractivity contribution < 1.29 is 9.53 Å². The SMILES string of the molecule is CCOC(=O)C1(Nc2ccccc2)CCSC1. The van der Waals surface area contributed by atoms with Gasteiger partial charge < -0.3 is 10.1 Å². The molecule has 1 aromatic carbocycles. The molecule has 1 saturated heterocycles. The van der Waals surface area contributed by atoms with Gasteiger partial charge in [0.15, 0.2) is 0 Å². The lowest BCUT2D eigenvalue weighted by Gasteiger charge is -2.28. The first-order chi connectivity index (χ1) is 8.27. The van der Waals surface area contributed by atoms with Crippen LogP contribution in [0.5, 0.6) is 0 Å². The van der Waals surface area contributed by atoms with Crippen molar-refractivity contribution in [2.24, 2.45) is 0 Å². The molecule has 1 aliphatic heterocycles. The third-order valence-corrected chi connectivity index (χ3v) is 4.03. The van der Waals surface area contributed by atoms with Crippen molar-refractivity contribution in [2.45, 2.75) is 18.9 Å². The molecule has 17 heavy (non-hydrogen) atoms. The first kappa shape index (κ1) is 12.3. The van der Waals surface area contributed by atoms with Crippen molar-refractivity contribution in [3.63, 3.8) is 0 Å². The molecule has 0 radical (unpaired) electrons. The van der Waals surface area contributed by atoms with Crippen molar-refractivity contribution in [2.75, 3.05) is 23.4 Å². The summed E-state index contributed by atoms with van der Waals surface area (Å²) in [6.07, 6.45) is 0.825. The molecule has 1 N–H and O–H groups in total. The molecular weight excluding hydrogens is 234 g/mol. The van der Waals surface area contributed by atoms with Crippen LogP contribution >= 0.6 is 11.8 Å². The Morgan fingerprint density at radius 1 is 1.47 bits per heavy atom. The topological polar surface area (TPSA) is 38.3 Å². The Bertz CT molecular complexity index is 374. The summed E-state index contributed by atoms with van der Waals surface area (Å²) in [5.41, 5.74) is 0.435. The Morgan fingerprint density at radius 3 is 2.82 bits per heavy atom. The zero-order chi connectivity index (χ0) is 12.1. The molecule has 0 bridgehead atoms. The zero-order valence-corrected chi connectivity index (χ0v) is 10.8. The standard InChI is InChI=1S/C13H17NO2S/c1-2-16-12(15)13(8-9-17-10-13)14-11-6-4-3-5-7-11/h3-7,14H,2,8-10H2,1H3. The highest BCUT2D eigenvalue weighted by molar-refractivity contribution is 7.99. The number of hydrogen-bond donors (Lipinski definition) is 1. The second-order valence-electron chi connectivity index (χ2n) is 4.10. The molecule has 1 aliphatic rings. The fourth-order valence-corrected chi connectivity index (χ4v) is 3.26. The number of hydrogen-bond acceptors (Lipinski definition) is 4. The number of benzene rings is 1. The fraction of sp³-hybridized carbons (Fsp3) is 0.462. The van der Waals surface area contributed by atoms with E-state index >= 15 is 0 Å². The van der Waals surface area contributed by atoms with E-state index in [1.165, 1.54) is 0 Å². The maximum Gasteiger partial charge on any atom is 0.332 e. The van der Waals surface area contributed by atoms with Gasteiger partial charge in [-0.25, -0.2) is 4.79 Å². The van der Waals surface area contributed by atoms with E-state index in [2.05, 4.69) is 5.32 Å². The second-order valence-corrected chi connectivity index (χ2v) is 5.20. The average molecular weight is 251 g/mol. The molecule has 92 valence electrons. The number of carbonyl (C=O) groups excluding carboxylic acids is 1. The Hall–Kier alpha value is -1.16. The molecule has 1 atom stereocenters. The molecule has 0 aromatic heterocycles.